The van der Waals surface area contributed by atoms with Crippen molar-refractivity contribution in [3.63, 3.8) is 0 Å². The Labute approximate surface area is 155 Å². The lowest BCUT2D eigenvalue weighted by Crippen LogP contribution is -2.54. The number of amides is 1. The van der Waals surface area contributed by atoms with Crippen molar-refractivity contribution in [2.24, 2.45) is 0 Å². The van der Waals surface area contributed by atoms with E-state index in [1.54, 1.807) is 4.90 Å². The van der Waals surface area contributed by atoms with Crippen LogP contribution in [0.1, 0.15) is 25.3 Å². The molecule has 1 aliphatic heterocycles. The fraction of sp³-hybridized carbons (Fsp3) is 0.474. The summed E-state index contributed by atoms with van der Waals surface area (Å²) in [4.78, 5) is 14.1. The van der Waals surface area contributed by atoms with Gasteiger partial charge in [0, 0.05) is 25.6 Å². The third kappa shape index (κ3) is 6.05. The molecule has 2 N–H and O–H groups in total. The van der Waals surface area contributed by atoms with Crippen molar-refractivity contribution < 1.29 is 9.53 Å². The summed E-state index contributed by atoms with van der Waals surface area (Å²) in [6.07, 6.45) is 3.95. The van der Waals surface area contributed by atoms with Crippen LogP contribution in [-0.2, 0) is 11.2 Å². The number of nitrogens with zero attached hydrogens (tertiary/aromatic N) is 1. The van der Waals surface area contributed by atoms with Gasteiger partial charge in [0.15, 0.2) is 5.11 Å². The van der Waals surface area contributed by atoms with E-state index in [4.69, 9.17) is 17.0 Å². The largest absolute Gasteiger partial charge is 0.491 e. The summed E-state index contributed by atoms with van der Waals surface area (Å²) in [6.45, 7) is 6.85. The van der Waals surface area contributed by atoms with Crippen LogP contribution in [-0.4, -0.2) is 48.2 Å². The van der Waals surface area contributed by atoms with Crippen LogP contribution in [0.2, 0.25) is 0 Å². The summed E-state index contributed by atoms with van der Waals surface area (Å²) in [6, 6.07) is 8.29. The molecule has 0 unspecified atom stereocenters. The van der Waals surface area contributed by atoms with Gasteiger partial charge in [-0.25, -0.2) is 0 Å². The summed E-state index contributed by atoms with van der Waals surface area (Å²) in [5, 5.41) is 6.94. The van der Waals surface area contributed by atoms with E-state index in [1.807, 2.05) is 37.4 Å². The summed E-state index contributed by atoms with van der Waals surface area (Å²) in [5.41, 5.74) is 1.10. The molecule has 0 spiro atoms. The van der Waals surface area contributed by atoms with Gasteiger partial charge in [0.1, 0.15) is 12.4 Å². The molecule has 5 nitrogen and oxygen atoms in total. The number of ether oxygens (including phenoxy) is 1. The normalized spacial score (nSPS) is 19.5. The van der Waals surface area contributed by atoms with Gasteiger partial charge in [-0.2, -0.15) is 0 Å². The Morgan fingerprint density at radius 3 is 2.92 bits per heavy atom. The van der Waals surface area contributed by atoms with E-state index in [0.29, 0.717) is 30.7 Å². The minimum atomic E-state index is 0.0907. The second-order valence-corrected chi connectivity index (χ2v) is 6.83. The predicted octanol–water partition coefficient (Wildman–Crippen LogP) is 2.27. The van der Waals surface area contributed by atoms with Crippen LogP contribution in [0.4, 0.5) is 0 Å². The van der Waals surface area contributed by atoms with E-state index in [1.165, 1.54) is 0 Å². The number of benzene rings is 1. The highest BCUT2D eigenvalue weighted by molar-refractivity contribution is 7.80. The Morgan fingerprint density at radius 1 is 1.44 bits per heavy atom. The van der Waals surface area contributed by atoms with Crippen molar-refractivity contribution in [2.45, 2.75) is 38.3 Å². The van der Waals surface area contributed by atoms with Gasteiger partial charge < -0.3 is 20.3 Å². The third-order valence-corrected chi connectivity index (χ3v) is 4.45. The molecule has 1 aromatic rings. The Hall–Kier alpha value is -2.08. The van der Waals surface area contributed by atoms with Crippen LogP contribution < -0.4 is 15.4 Å². The molecule has 0 radical (unpaired) electrons. The average Bonchev–Trinajstić information content (AvgIpc) is 2.55. The lowest BCUT2D eigenvalue weighted by Gasteiger charge is -2.31. The van der Waals surface area contributed by atoms with Crippen molar-refractivity contribution in [3.05, 3.63) is 42.5 Å². The summed E-state index contributed by atoms with van der Waals surface area (Å²) < 4.78 is 5.85. The highest BCUT2D eigenvalue weighted by Gasteiger charge is 2.24. The van der Waals surface area contributed by atoms with E-state index in [-0.39, 0.29) is 11.9 Å². The molecule has 25 heavy (non-hydrogen) atoms. The number of para-hydroxylation sites is 1. The summed E-state index contributed by atoms with van der Waals surface area (Å²) in [5.74, 6) is 0.944. The number of thiocarbonyl (C=S) groups is 1. The molecule has 136 valence electrons. The van der Waals surface area contributed by atoms with Gasteiger partial charge in [0.25, 0.3) is 0 Å². The number of nitrogens with one attached hydrogen (secondary N) is 2. The SMILES string of the molecule is C=CCc1ccccc1OCCN(C)C(=O)C[C@@H]1C[C@@H](C)NC(=S)N1. The predicted molar refractivity (Wildman–Crippen MR) is 105 cm³/mol. The van der Waals surface area contributed by atoms with Crippen molar-refractivity contribution in [1.82, 2.24) is 15.5 Å². The average molecular weight is 362 g/mol. The first-order valence-electron chi connectivity index (χ1n) is 8.62. The van der Waals surface area contributed by atoms with Crippen molar-refractivity contribution in [1.29, 1.82) is 0 Å². The number of hydrogen-bond acceptors (Lipinski definition) is 3. The van der Waals surface area contributed by atoms with E-state index in [9.17, 15) is 4.79 Å². The molecule has 1 fully saturated rings. The van der Waals surface area contributed by atoms with Crippen molar-refractivity contribution in [2.75, 3.05) is 20.2 Å². The Morgan fingerprint density at radius 2 is 2.20 bits per heavy atom. The highest BCUT2D eigenvalue weighted by atomic mass is 32.1. The smallest absolute Gasteiger partial charge is 0.224 e. The molecule has 2 atom stereocenters. The van der Waals surface area contributed by atoms with Crippen LogP contribution in [0.15, 0.2) is 36.9 Å². The first kappa shape index (κ1) is 19.2. The van der Waals surface area contributed by atoms with Gasteiger partial charge in [-0.1, -0.05) is 24.3 Å². The molecule has 2 rings (SSSR count). The highest BCUT2D eigenvalue weighted by Crippen LogP contribution is 2.18. The van der Waals surface area contributed by atoms with Crippen LogP contribution in [0.25, 0.3) is 0 Å². The zero-order valence-electron chi connectivity index (χ0n) is 15.0. The number of rotatable bonds is 8. The number of likely N-dealkylation sites (N-methyl/N-ethyl adjacent to an activating group) is 1. The molecule has 6 heteroatoms. The fourth-order valence-electron chi connectivity index (χ4n) is 2.88. The Bertz CT molecular complexity index is 620. The van der Waals surface area contributed by atoms with Gasteiger partial charge in [0.05, 0.1) is 6.54 Å². The molecule has 1 saturated heterocycles. The monoisotopic (exact) mass is 361 g/mol. The van der Waals surface area contributed by atoms with Gasteiger partial charge >= 0.3 is 0 Å². The maximum absolute atomic E-state index is 12.4. The topological polar surface area (TPSA) is 53.6 Å². The van der Waals surface area contributed by atoms with Crippen LogP contribution in [0.3, 0.4) is 0 Å². The molecular formula is C19H27N3O2S. The first-order chi connectivity index (χ1) is 12.0. The van der Waals surface area contributed by atoms with Crippen molar-refractivity contribution in [3.8, 4) is 5.75 Å². The molecular weight excluding hydrogens is 334 g/mol. The standard InChI is InChI=1S/C19H27N3O2S/c1-4-7-15-8-5-6-9-17(15)24-11-10-22(3)18(23)13-16-12-14(2)20-19(25)21-16/h4-6,8-9,14,16H,1,7,10-13H2,2-3H3,(H2,20,21,25)/t14-,16+/m1/s1. The maximum Gasteiger partial charge on any atom is 0.224 e. The van der Waals surface area contributed by atoms with E-state index < -0.39 is 0 Å². The maximum atomic E-state index is 12.4. The van der Waals surface area contributed by atoms with Crippen molar-refractivity contribution >= 4 is 23.2 Å². The number of carbonyl (C=O) groups excluding carboxylic acids is 1. The zero-order chi connectivity index (χ0) is 18.2. The number of hydrogen-bond donors (Lipinski definition) is 2. The summed E-state index contributed by atoms with van der Waals surface area (Å²) >= 11 is 5.16. The molecule has 0 aliphatic carbocycles. The van der Waals surface area contributed by atoms with Gasteiger partial charge in [-0.05, 0) is 43.6 Å². The quantitative estimate of drug-likeness (QED) is 0.550. The first-order valence-corrected chi connectivity index (χ1v) is 9.03. The van der Waals surface area contributed by atoms with Crippen LogP contribution in [0.5, 0.6) is 5.75 Å². The Kier molecular flexibility index (Phi) is 7.25. The molecule has 0 aromatic heterocycles. The summed E-state index contributed by atoms with van der Waals surface area (Å²) in [7, 11) is 1.81. The Balaban J connectivity index is 1.78. The second-order valence-electron chi connectivity index (χ2n) is 6.42. The van der Waals surface area contributed by atoms with Gasteiger partial charge in [0.2, 0.25) is 5.91 Å². The van der Waals surface area contributed by atoms with Crippen LogP contribution in [0, 0.1) is 0 Å². The number of allylic oxidation sites excluding steroid dienone is 1. The molecule has 1 amide bonds. The molecule has 1 heterocycles. The van der Waals surface area contributed by atoms with E-state index >= 15 is 0 Å². The third-order valence-electron chi connectivity index (χ3n) is 4.22. The minimum Gasteiger partial charge on any atom is -0.491 e. The molecule has 1 aromatic carbocycles. The lowest BCUT2D eigenvalue weighted by atomic mass is 10.0. The van der Waals surface area contributed by atoms with E-state index in [2.05, 4.69) is 24.1 Å². The fourth-order valence-corrected chi connectivity index (χ4v) is 3.25. The molecule has 0 bridgehead atoms. The lowest BCUT2D eigenvalue weighted by molar-refractivity contribution is -0.130. The van der Waals surface area contributed by atoms with Gasteiger partial charge in [-0.3, -0.25) is 4.79 Å². The molecule has 1 aliphatic rings. The second kappa shape index (κ2) is 9.42. The minimum absolute atomic E-state index is 0.0907. The van der Waals surface area contributed by atoms with E-state index in [0.717, 1.165) is 24.2 Å². The van der Waals surface area contributed by atoms with Crippen LogP contribution >= 0.6 is 12.2 Å². The zero-order valence-corrected chi connectivity index (χ0v) is 15.8. The van der Waals surface area contributed by atoms with Gasteiger partial charge in [-0.15, -0.1) is 6.58 Å². The number of carbonyl (C=O) groups is 1. The molecule has 0 saturated carbocycles.